The molecule has 1 aliphatic carbocycles. The normalized spacial score (nSPS) is 13.8. The Morgan fingerprint density at radius 2 is 2.00 bits per heavy atom. The smallest absolute Gasteiger partial charge is 0.251 e. The van der Waals surface area contributed by atoms with E-state index in [1.54, 1.807) is 0 Å². The fraction of sp³-hybridized carbons (Fsp3) is 0.353. The molecule has 0 unspecified atom stereocenters. The fourth-order valence-corrected chi connectivity index (χ4v) is 2.81. The molecule has 2 N–H and O–H groups in total. The number of rotatable bonds is 4. The Balaban J connectivity index is 1.59. The molecule has 0 fully saturated rings. The Bertz CT molecular complexity index is 587. The van der Waals surface area contributed by atoms with Crippen molar-refractivity contribution >= 4 is 5.91 Å². The molecule has 3 nitrogen and oxygen atoms in total. The molecular weight excluding hydrogens is 248 g/mol. The maximum Gasteiger partial charge on any atom is 0.251 e. The van der Waals surface area contributed by atoms with Gasteiger partial charge in [-0.05, 0) is 61.1 Å². The Morgan fingerprint density at radius 3 is 2.80 bits per heavy atom. The zero-order valence-electron chi connectivity index (χ0n) is 11.6. The predicted molar refractivity (Wildman–Crippen MR) is 79.9 cm³/mol. The SMILES string of the molecule is O=C(NCCc1ccc[nH]1)c1ccc2c(c1)CCCC2. The largest absolute Gasteiger partial charge is 0.365 e. The average molecular weight is 268 g/mol. The zero-order chi connectivity index (χ0) is 13.8. The minimum absolute atomic E-state index is 0.0323. The first-order valence-electron chi connectivity index (χ1n) is 7.35. The first-order valence-corrected chi connectivity index (χ1v) is 7.35. The second kappa shape index (κ2) is 5.95. The van der Waals surface area contributed by atoms with Gasteiger partial charge in [0.25, 0.3) is 5.91 Å². The standard InChI is InChI=1S/C17H20N2O/c20-17(19-11-9-16-6-3-10-18-16)15-8-7-13-4-1-2-5-14(13)12-15/h3,6-8,10,12,18H,1-2,4-5,9,11H2,(H,19,20). The summed E-state index contributed by atoms with van der Waals surface area (Å²) in [5, 5.41) is 2.99. The lowest BCUT2D eigenvalue weighted by Gasteiger charge is -2.16. The van der Waals surface area contributed by atoms with Crippen LogP contribution in [-0.2, 0) is 19.3 Å². The molecule has 0 saturated carbocycles. The summed E-state index contributed by atoms with van der Waals surface area (Å²) in [5.41, 5.74) is 4.71. The van der Waals surface area contributed by atoms with Crippen molar-refractivity contribution in [3.63, 3.8) is 0 Å². The first kappa shape index (κ1) is 13.0. The van der Waals surface area contributed by atoms with Crippen LogP contribution in [0.3, 0.4) is 0 Å². The summed E-state index contributed by atoms with van der Waals surface area (Å²) >= 11 is 0. The number of hydrogen-bond acceptors (Lipinski definition) is 1. The maximum atomic E-state index is 12.1. The van der Waals surface area contributed by atoms with Crippen molar-refractivity contribution in [2.24, 2.45) is 0 Å². The van der Waals surface area contributed by atoms with Crippen molar-refractivity contribution < 1.29 is 4.79 Å². The van der Waals surface area contributed by atoms with E-state index in [1.807, 2.05) is 24.4 Å². The molecular formula is C17H20N2O. The summed E-state index contributed by atoms with van der Waals surface area (Å²) in [7, 11) is 0. The predicted octanol–water partition coefficient (Wildman–Crippen LogP) is 2.87. The lowest BCUT2D eigenvalue weighted by molar-refractivity contribution is 0.0954. The number of aromatic nitrogens is 1. The van der Waals surface area contributed by atoms with E-state index >= 15 is 0 Å². The van der Waals surface area contributed by atoms with Crippen molar-refractivity contribution in [2.45, 2.75) is 32.1 Å². The van der Waals surface area contributed by atoms with Gasteiger partial charge in [0.15, 0.2) is 0 Å². The highest BCUT2D eigenvalue weighted by Gasteiger charge is 2.12. The Hall–Kier alpha value is -2.03. The van der Waals surface area contributed by atoms with Crippen LogP contribution >= 0.6 is 0 Å². The third kappa shape index (κ3) is 2.93. The van der Waals surface area contributed by atoms with Crippen LogP contribution in [0.2, 0.25) is 0 Å². The van der Waals surface area contributed by atoms with E-state index in [2.05, 4.69) is 22.4 Å². The molecule has 0 atom stereocenters. The third-order valence-electron chi connectivity index (χ3n) is 3.95. The minimum Gasteiger partial charge on any atom is -0.365 e. The topological polar surface area (TPSA) is 44.9 Å². The van der Waals surface area contributed by atoms with Gasteiger partial charge in [-0.1, -0.05) is 6.07 Å². The van der Waals surface area contributed by atoms with Crippen molar-refractivity contribution in [3.8, 4) is 0 Å². The summed E-state index contributed by atoms with van der Waals surface area (Å²) in [6.07, 6.45) is 7.52. The molecule has 1 aromatic heterocycles. The number of hydrogen-bond donors (Lipinski definition) is 2. The zero-order valence-corrected chi connectivity index (χ0v) is 11.6. The van der Waals surface area contributed by atoms with E-state index in [1.165, 1.54) is 24.0 Å². The molecule has 2 aromatic rings. The van der Waals surface area contributed by atoms with Gasteiger partial charge in [-0.25, -0.2) is 0 Å². The van der Waals surface area contributed by atoms with Crippen LogP contribution in [0.15, 0.2) is 36.5 Å². The number of carbonyl (C=O) groups is 1. The molecule has 20 heavy (non-hydrogen) atoms. The summed E-state index contributed by atoms with van der Waals surface area (Å²) in [5.74, 6) is 0.0323. The third-order valence-corrected chi connectivity index (χ3v) is 3.95. The number of H-pyrrole nitrogens is 1. The molecule has 1 aliphatic rings. The quantitative estimate of drug-likeness (QED) is 0.880. The number of carbonyl (C=O) groups excluding carboxylic acids is 1. The van der Waals surface area contributed by atoms with Gasteiger partial charge in [0, 0.05) is 30.4 Å². The van der Waals surface area contributed by atoms with Crippen LogP contribution in [0.4, 0.5) is 0 Å². The first-order chi connectivity index (χ1) is 9.83. The summed E-state index contributed by atoms with van der Waals surface area (Å²) in [6, 6.07) is 10.1. The van der Waals surface area contributed by atoms with Gasteiger partial charge < -0.3 is 10.3 Å². The molecule has 1 aromatic carbocycles. The van der Waals surface area contributed by atoms with E-state index < -0.39 is 0 Å². The molecule has 0 radical (unpaired) electrons. The molecule has 104 valence electrons. The molecule has 0 spiro atoms. The van der Waals surface area contributed by atoms with Crippen LogP contribution in [0.5, 0.6) is 0 Å². The van der Waals surface area contributed by atoms with Gasteiger partial charge in [-0.3, -0.25) is 4.79 Å². The van der Waals surface area contributed by atoms with Crippen LogP contribution in [0.1, 0.15) is 40.0 Å². The number of aryl methyl sites for hydroxylation is 2. The van der Waals surface area contributed by atoms with Crippen LogP contribution in [0.25, 0.3) is 0 Å². The number of aromatic amines is 1. The average Bonchev–Trinajstić information content (AvgIpc) is 3.00. The number of amides is 1. The highest BCUT2D eigenvalue weighted by molar-refractivity contribution is 5.94. The van der Waals surface area contributed by atoms with Crippen LogP contribution in [-0.4, -0.2) is 17.4 Å². The molecule has 0 saturated heterocycles. The molecule has 0 aliphatic heterocycles. The molecule has 3 heteroatoms. The molecule has 0 bridgehead atoms. The second-order valence-corrected chi connectivity index (χ2v) is 5.39. The summed E-state index contributed by atoms with van der Waals surface area (Å²) < 4.78 is 0. The van der Waals surface area contributed by atoms with Crippen molar-refractivity contribution in [1.82, 2.24) is 10.3 Å². The fourth-order valence-electron chi connectivity index (χ4n) is 2.81. The van der Waals surface area contributed by atoms with Gasteiger partial charge in [0.2, 0.25) is 0 Å². The van der Waals surface area contributed by atoms with Gasteiger partial charge in [0.1, 0.15) is 0 Å². The van der Waals surface area contributed by atoms with E-state index in [4.69, 9.17) is 0 Å². The Morgan fingerprint density at radius 1 is 1.15 bits per heavy atom. The van der Waals surface area contributed by atoms with Crippen molar-refractivity contribution in [1.29, 1.82) is 0 Å². The maximum absolute atomic E-state index is 12.1. The monoisotopic (exact) mass is 268 g/mol. The van der Waals surface area contributed by atoms with E-state index in [0.29, 0.717) is 6.54 Å². The second-order valence-electron chi connectivity index (χ2n) is 5.39. The molecule has 1 amide bonds. The number of benzene rings is 1. The Kier molecular flexibility index (Phi) is 3.86. The van der Waals surface area contributed by atoms with E-state index in [0.717, 1.165) is 30.5 Å². The highest BCUT2D eigenvalue weighted by atomic mass is 16.1. The molecule has 1 heterocycles. The van der Waals surface area contributed by atoms with Crippen LogP contribution < -0.4 is 5.32 Å². The van der Waals surface area contributed by atoms with E-state index in [-0.39, 0.29) is 5.91 Å². The van der Waals surface area contributed by atoms with Crippen molar-refractivity contribution in [3.05, 3.63) is 58.9 Å². The Labute approximate surface area is 119 Å². The van der Waals surface area contributed by atoms with Crippen LogP contribution in [0, 0.1) is 0 Å². The lowest BCUT2D eigenvalue weighted by Crippen LogP contribution is -2.26. The molecule has 3 rings (SSSR count). The lowest BCUT2D eigenvalue weighted by atomic mass is 9.90. The number of nitrogens with one attached hydrogen (secondary N) is 2. The van der Waals surface area contributed by atoms with Gasteiger partial charge in [0.05, 0.1) is 0 Å². The van der Waals surface area contributed by atoms with Gasteiger partial charge in [-0.15, -0.1) is 0 Å². The highest BCUT2D eigenvalue weighted by Crippen LogP contribution is 2.22. The van der Waals surface area contributed by atoms with E-state index in [9.17, 15) is 4.79 Å². The van der Waals surface area contributed by atoms with Gasteiger partial charge in [-0.2, -0.15) is 0 Å². The minimum atomic E-state index is 0.0323. The summed E-state index contributed by atoms with van der Waals surface area (Å²) in [6.45, 7) is 0.663. The summed E-state index contributed by atoms with van der Waals surface area (Å²) in [4.78, 5) is 15.3. The number of fused-ring (bicyclic) bond motifs is 1. The van der Waals surface area contributed by atoms with Crippen molar-refractivity contribution in [2.75, 3.05) is 6.54 Å². The van der Waals surface area contributed by atoms with Gasteiger partial charge >= 0.3 is 0 Å².